The van der Waals surface area contributed by atoms with Crippen LogP contribution in [0.5, 0.6) is 5.75 Å². The van der Waals surface area contributed by atoms with Crippen molar-refractivity contribution in [2.75, 3.05) is 0 Å². The zero-order valence-corrected chi connectivity index (χ0v) is 12.2. The summed E-state index contributed by atoms with van der Waals surface area (Å²) in [6, 6.07) is 10.2. The number of hydrogen-bond acceptors (Lipinski definition) is 3. The maximum absolute atomic E-state index is 12.8. The first kappa shape index (κ1) is 15.8. The van der Waals surface area contributed by atoms with Gasteiger partial charge in [-0.1, -0.05) is 23.7 Å². The summed E-state index contributed by atoms with van der Waals surface area (Å²) in [6.07, 6.45) is 1.37. The van der Waals surface area contributed by atoms with Gasteiger partial charge in [0.15, 0.2) is 0 Å². The summed E-state index contributed by atoms with van der Waals surface area (Å²) in [5, 5.41) is 4.17. The minimum absolute atomic E-state index is 0.256. The van der Waals surface area contributed by atoms with E-state index in [0.29, 0.717) is 16.3 Å². The Morgan fingerprint density at radius 3 is 2.73 bits per heavy atom. The van der Waals surface area contributed by atoms with E-state index < -0.39 is 6.03 Å². The fourth-order valence-corrected chi connectivity index (χ4v) is 1.84. The second kappa shape index (κ2) is 7.42. The second-order valence-corrected chi connectivity index (χ2v) is 4.77. The number of hydrazone groups is 1. The van der Waals surface area contributed by atoms with Gasteiger partial charge in [0.1, 0.15) is 18.2 Å². The summed E-state index contributed by atoms with van der Waals surface area (Å²) in [6.45, 7) is 0.256. The predicted molar refractivity (Wildman–Crippen MR) is 82.5 cm³/mol. The van der Waals surface area contributed by atoms with Crippen molar-refractivity contribution in [2.24, 2.45) is 10.8 Å². The number of nitrogens with zero attached hydrogens (tertiary/aromatic N) is 1. The summed E-state index contributed by atoms with van der Waals surface area (Å²) < 4.78 is 18.5. The zero-order valence-electron chi connectivity index (χ0n) is 11.4. The van der Waals surface area contributed by atoms with Crippen LogP contribution in [0, 0.1) is 5.82 Å². The van der Waals surface area contributed by atoms with Crippen LogP contribution in [0.2, 0.25) is 5.02 Å². The van der Waals surface area contributed by atoms with Gasteiger partial charge in [-0.2, -0.15) is 5.10 Å². The highest BCUT2D eigenvalue weighted by Crippen LogP contribution is 2.22. The third-order valence-corrected chi connectivity index (χ3v) is 2.89. The van der Waals surface area contributed by atoms with Crippen LogP contribution < -0.4 is 15.9 Å². The molecule has 2 amide bonds. The molecule has 0 atom stereocenters. The number of primary amides is 1. The van der Waals surface area contributed by atoms with E-state index >= 15 is 0 Å². The Balaban J connectivity index is 2.10. The van der Waals surface area contributed by atoms with Gasteiger partial charge in [0.25, 0.3) is 0 Å². The second-order valence-electron chi connectivity index (χ2n) is 4.33. The fourth-order valence-electron chi connectivity index (χ4n) is 1.66. The molecule has 0 aliphatic rings. The lowest BCUT2D eigenvalue weighted by Crippen LogP contribution is -2.24. The summed E-state index contributed by atoms with van der Waals surface area (Å²) in [7, 11) is 0. The van der Waals surface area contributed by atoms with Gasteiger partial charge in [-0.25, -0.2) is 14.6 Å². The zero-order chi connectivity index (χ0) is 15.9. The van der Waals surface area contributed by atoms with E-state index in [1.54, 1.807) is 30.3 Å². The third-order valence-electron chi connectivity index (χ3n) is 2.66. The number of rotatable bonds is 5. The molecule has 0 heterocycles. The van der Waals surface area contributed by atoms with Crippen LogP contribution in [0.15, 0.2) is 47.6 Å². The molecule has 0 saturated carbocycles. The number of carbonyl (C=O) groups excluding carboxylic acids is 1. The predicted octanol–water partition coefficient (Wildman–Crippen LogP) is 3.06. The topological polar surface area (TPSA) is 76.7 Å². The lowest BCUT2D eigenvalue weighted by atomic mass is 10.2. The molecule has 0 bridgehead atoms. The van der Waals surface area contributed by atoms with Gasteiger partial charge in [-0.15, -0.1) is 0 Å². The molecule has 0 radical (unpaired) electrons. The normalized spacial score (nSPS) is 10.6. The van der Waals surface area contributed by atoms with Crippen molar-refractivity contribution >= 4 is 23.8 Å². The Morgan fingerprint density at radius 2 is 2.05 bits per heavy atom. The molecule has 2 aromatic carbocycles. The number of nitrogens with one attached hydrogen (secondary N) is 1. The average Bonchev–Trinajstić information content (AvgIpc) is 2.48. The number of amides is 2. The number of halogens is 2. The molecule has 0 unspecified atom stereocenters. The quantitative estimate of drug-likeness (QED) is 0.656. The molecule has 7 heteroatoms. The number of hydrogen-bond donors (Lipinski definition) is 2. The van der Waals surface area contributed by atoms with Gasteiger partial charge in [0.2, 0.25) is 0 Å². The van der Waals surface area contributed by atoms with Crippen LogP contribution in [-0.4, -0.2) is 12.2 Å². The van der Waals surface area contributed by atoms with Gasteiger partial charge < -0.3 is 10.5 Å². The molecule has 0 saturated heterocycles. The first-order valence-electron chi connectivity index (χ1n) is 6.30. The molecular weight excluding hydrogens is 309 g/mol. The molecular formula is C15H13ClFN3O2. The van der Waals surface area contributed by atoms with Crippen LogP contribution in [0.4, 0.5) is 9.18 Å². The minimum Gasteiger partial charge on any atom is -0.488 e. The van der Waals surface area contributed by atoms with Crippen LogP contribution in [-0.2, 0) is 6.61 Å². The van der Waals surface area contributed by atoms with Gasteiger partial charge >= 0.3 is 6.03 Å². The van der Waals surface area contributed by atoms with Crippen LogP contribution in [0.25, 0.3) is 0 Å². The van der Waals surface area contributed by atoms with Crippen molar-refractivity contribution < 1.29 is 13.9 Å². The molecule has 0 aliphatic heterocycles. The highest BCUT2D eigenvalue weighted by Gasteiger charge is 2.04. The van der Waals surface area contributed by atoms with E-state index in [9.17, 15) is 9.18 Å². The molecule has 0 aliphatic carbocycles. The first-order valence-corrected chi connectivity index (χ1v) is 6.67. The summed E-state index contributed by atoms with van der Waals surface area (Å²) in [4.78, 5) is 10.6. The third kappa shape index (κ3) is 4.75. The summed E-state index contributed by atoms with van der Waals surface area (Å²) in [5.74, 6) is 0.212. The number of urea groups is 1. The Hall–Kier alpha value is -2.60. The largest absolute Gasteiger partial charge is 0.488 e. The van der Waals surface area contributed by atoms with Crippen molar-refractivity contribution in [3.05, 3.63) is 64.4 Å². The van der Waals surface area contributed by atoms with E-state index in [2.05, 4.69) is 10.5 Å². The Morgan fingerprint density at radius 1 is 1.32 bits per heavy atom. The number of carbonyl (C=O) groups is 1. The van der Waals surface area contributed by atoms with Gasteiger partial charge in [0.05, 0.1) is 6.21 Å². The highest BCUT2D eigenvalue weighted by atomic mass is 35.5. The van der Waals surface area contributed by atoms with Crippen molar-refractivity contribution in [3.63, 3.8) is 0 Å². The monoisotopic (exact) mass is 321 g/mol. The van der Waals surface area contributed by atoms with E-state index in [1.807, 2.05) is 0 Å². The van der Waals surface area contributed by atoms with Crippen LogP contribution in [0.1, 0.15) is 11.1 Å². The van der Waals surface area contributed by atoms with Crippen molar-refractivity contribution in [2.45, 2.75) is 6.61 Å². The minimum atomic E-state index is -0.771. The number of benzene rings is 2. The first-order chi connectivity index (χ1) is 10.5. The highest BCUT2D eigenvalue weighted by molar-refractivity contribution is 6.30. The Bertz CT molecular complexity index is 690. The van der Waals surface area contributed by atoms with Gasteiger partial charge in [0, 0.05) is 10.6 Å². The van der Waals surface area contributed by atoms with Crippen molar-refractivity contribution in [3.8, 4) is 5.75 Å². The fraction of sp³-hybridized carbons (Fsp3) is 0.0667. The average molecular weight is 322 g/mol. The Labute approximate surface area is 131 Å². The maximum atomic E-state index is 12.8. The van der Waals surface area contributed by atoms with Crippen molar-refractivity contribution in [1.82, 2.24) is 5.43 Å². The molecule has 3 N–H and O–H groups in total. The lowest BCUT2D eigenvalue weighted by molar-refractivity contribution is 0.249. The van der Waals surface area contributed by atoms with E-state index in [1.165, 1.54) is 18.3 Å². The SMILES string of the molecule is NC(=O)N/N=C\c1cc(Cl)ccc1OCc1ccc(F)cc1. The molecule has 114 valence electrons. The number of ether oxygens (including phenoxy) is 1. The standard InChI is InChI=1S/C15H13ClFN3O2/c16-12-3-6-14(11(7-12)8-19-20-15(18)21)22-9-10-1-4-13(17)5-2-10/h1-8H,9H2,(H3,18,20,21)/b19-8-. The van der Waals surface area contributed by atoms with E-state index in [0.717, 1.165) is 5.56 Å². The molecule has 0 aromatic heterocycles. The molecule has 0 spiro atoms. The lowest BCUT2D eigenvalue weighted by Gasteiger charge is -2.09. The molecule has 2 rings (SSSR count). The summed E-state index contributed by atoms with van der Waals surface area (Å²) in [5.41, 5.74) is 8.40. The van der Waals surface area contributed by atoms with Crippen LogP contribution >= 0.6 is 11.6 Å². The maximum Gasteiger partial charge on any atom is 0.332 e. The van der Waals surface area contributed by atoms with E-state index in [-0.39, 0.29) is 12.4 Å². The Kier molecular flexibility index (Phi) is 5.32. The molecule has 5 nitrogen and oxygen atoms in total. The molecule has 22 heavy (non-hydrogen) atoms. The van der Waals surface area contributed by atoms with Gasteiger partial charge in [-0.3, -0.25) is 0 Å². The van der Waals surface area contributed by atoms with Crippen LogP contribution in [0.3, 0.4) is 0 Å². The molecule has 2 aromatic rings. The summed E-state index contributed by atoms with van der Waals surface area (Å²) >= 11 is 5.92. The van der Waals surface area contributed by atoms with Gasteiger partial charge in [-0.05, 0) is 35.9 Å². The van der Waals surface area contributed by atoms with E-state index in [4.69, 9.17) is 22.1 Å². The molecule has 0 fully saturated rings. The smallest absolute Gasteiger partial charge is 0.332 e. The number of nitrogens with two attached hydrogens (primary N) is 1. The van der Waals surface area contributed by atoms with Crippen molar-refractivity contribution in [1.29, 1.82) is 0 Å².